The average Bonchev–Trinajstić information content (AvgIpc) is 3.50. The molecule has 0 unspecified atom stereocenters. The molecule has 8 heteroatoms. The zero-order chi connectivity index (χ0) is 22.5. The number of aromatic nitrogens is 4. The van der Waals surface area contributed by atoms with Crippen molar-refractivity contribution in [2.45, 2.75) is 38.1 Å². The van der Waals surface area contributed by atoms with Crippen LogP contribution in [0, 0.1) is 0 Å². The van der Waals surface area contributed by atoms with E-state index in [9.17, 15) is 5.11 Å². The van der Waals surface area contributed by atoms with E-state index in [0.29, 0.717) is 26.2 Å². The van der Waals surface area contributed by atoms with Crippen molar-refractivity contribution in [1.82, 2.24) is 29.5 Å². The molecule has 5 rings (SSSR count). The van der Waals surface area contributed by atoms with Crippen LogP contribution in [0.2, 0.25) is 0 Å². The van der Waals surface area contributed by atoms with Crippen LogP contribution in [0.3, 0.4) is 0 Å². The third-order valence-electron chi connectivity index (χ3n) is 6.51. The van der Waals surface area contributed by atoms with Crippen LogP contribution in [-0.4, -0.2) is 79.5 Å². The molecule has 2 aromatic heterocycles. The first-order valence-electron chi connectivity index (χ1n) is 11.9. The van der Waals surface area contributed by atoms with Gasteiger partial charge in [0, 0.05) is 70.9 Å². The van der Waals surface area contributed by atoms with Crippen molar-refractivity contribution < 1.29 is 5.11 Å². The van der Waals surface area contributed by atoms with Crippen LogP contribution in [-0.2, 0) is 19.6 Å². The van der Waals surface area contributed by atoms with Gasteiger partial charge in [-0.25, -0.2) is 9.97 Å². The van der Waals surface area contributed by atoms with Gasteiger partial charge in [0.2, 0.25) is 5.95 Å². The van der Waals surface area contributed by atoms with Crippen LogP contribution >= 0.6 is 0 Å². The molecule has 2 aliphatic heterocycles. The maximum absolute atomic E-state index is 11.8. The SMILES string of the molecule is O[C@]1(Cn2cccn2)CN(Cc2ccccc2)CCN(Cc2ccnc(N3CCCC3)n2)C1. The first-order chi connectivity index (χ1) is 16.2. The molecule has 0 aliphatic carbocycles. The predicted molar refractivity (Wildman–Crippen MR) is 128 cm³/mol. The van der Waals surface area contributed by atoms with Gasteiger partial charge in [0.15, 0.2) is 0 Å². The highest BCUT2D eigenvalue weighted by Crippen LogP contribution is 2.21. The van der Waals surface area contributed by atoms with Crippen LogP contribution in [0.4, 0.5) is 5.95 Å². The Morgan fingerprint density at radius 2 is 1.61 bits per heavy atom. The van der Waals surface area contributed by atoms with Crippen molar-refractivity contribution in [3.05, 3.63) is 72.3 Å². The molecule has 0 saturated carbocycles. The van der Waals surface area contributed by atoms with Crippen molar-refractivity contribution in [1.29, 1.82) is 0 Å². The minimum absolute atomic E-state index is 0.463. The Hall–Kier alpha value is -2.81. The van der Waals surface area contributed by atoms with Crippen LogP contribution in [0.5, 0.6) is 0 Å². The highest BCUT2D eigenvalue weighted by atomic mass is 16.3. The van der Waals surface area contributed by atoms with E-state index in [0.717, 1.165) is 44.4 Å². The Morgan fingerprint density at radius 1 is 0.848 bits per heavy atom. The quantitative estimate of drug-likeness (QED) is 0.594. The topological polar surface area (TPSA) is 73.6 Å². The molecule has 2 fully saturated rings. The Morgan fingerprint density at radius 3 is 2.33 bits per heavy atom. The number of aliphatic hydroxyl groups is 1. The number of benzene rings is 1. The van der Waals surface area contributed by atoms with E-state index < -0.39 is 5.60 Å². The minimum Gasteiger partial charge on any atom is -0.385 e. The molecular weight excluding hydrogens is 414 g/mol. The van der Waals surface area contributed by atoms with Crippen molar-refractivity contribution in [2.75, 3.05) is 44.2 Å². The lowest BCUT2D eigenvalue weighted by molar-refractivity contribution is -0.0220. The van der Waals surface area contributed by atoms with Gasteiger partial charge in [0.05, 0.1) is 12.2 Å². The van der Waals surface area contributed by atoms with Crippen LogP contribution in [0.25, 0.3) is 0 Å². The third kappa shape index (κ3) is 5.76. The number of hydrogen-bond acceptors (Lipinski definition) is 7. The molecule has 1 N–H and O–H groups in total. The summed E-state index contributed by atoms with van der Waals surface area (Å²) in [6.07, 6.45) is 7.96. The lowest BCUT2D eigenvalue weighted by Gasteiger charge is -2.33. The van der Waals surface area contributed by atoms with Gasteiger partial charge in [0.1, 0.15) is 5.60 Å². The third-order valence-corrected chi connectivity index (χ3v) is 6.51. The maximum Gasteiger partial charge on any atom is 0.225 e. The largest absolute Gasteiger partial charge is 0.385 e. The smallest absolute Gasteiger partial charge is 0.225 e. The summed E-state index contributed by atoms with van der Waals surface area (Å²) in [7, 11) is 0. The van der Waals surface area contributed by atoms with Gasteiger partial charge in [-0.1, -0.05) is 30.3 Å². The summed E-state index contributed by atoms with van der Waals surface area (Å²) >= 11 is 0. The molecular formula is C25H33N7O. The first kappa shape index (κ1) is 22.0. The summed E-state index contributed by atoms with van der Waals surface area (Å²) in [6.45, 7) is 6.98. The Kier molecular flexibility index (Phi) is 6.66. The molecule has 2 aliphatic rings. The Bertz CT molecular complexity index is 1010. The number of rotatable bonds is 7. The van der Waals surface area contributed by atoms with E-state index in [4.69, 9.17) is 4.98 Å². The summed E-state index contributed by atoms with van der Waals surface area (Å²) in [5.41, 5.74) is 1.35. The normalized spacial score (nSPS) is 22.5. The van der Waals surface area contributed by atoms with E-state index in [-0.39, 0.29) is 0 Å². The second kappa shape index (κ2) is 9.99. The number of hydrogen-bond donors (Lipinski definition) is 1. The lowest BCUT2D eigenvalue weighted by atomic mass is 10.0. The van der Waals surface area contributed by atoms with Gasteiger partial charge in [-0.2, -0.15) is 5.10 Å². The molecule has 1 atom stereocenters. The Labute approximate surface area is 195 Å². The average molecular weight is 448 g/mol. The molecule has 8 nitrogen and oxygen atoms in total. The number of β-amino-alcohol motifs (C(OH)–C–C–N with tert-alkyl or cyclic N) is 1. The summed E-state index contributed by atoms with van der Waals surface area (Å²) in [5.74, 6) is 0.831. The van der Waals surface area contributed by atoms with Crippen LogP contribution < -0.4 is 4.90 Å². The first-order valence-corrected chi connectivity index (χ1v) is 11.9. The summed E-state index contributed by atoms with van der Waals surface area (Å²) in [4.78, 5) is 16.3. The highest BCUT2D eigenvalue weighted by molar-refractivity contribution is 5.31. The maximum atomic E-state index is 11.8. The second-order valence-electron chi connectivity index (χ2n) is 9.38. The van der Waals surface area contributed by atoms with Gasteiger partial charge >= 0.3 is 0 Å². The van der Waals surface area contributed by atoms with Gasteiger partial charge in [0.25, 0.3) is 0 Å². The van der Waals surface area contributed by atoms with Crippen LogP contribution in [0.1, 0.15) is 24.1 Å². The molecule has 3 aromatic rings. The summed E-state index contributed by atoms with van der Waals surface area (Å²) < 4.78 is 1.83. The van der Waals surface area contributed by atoms with Crippen molar-refractivity contribution in [3.63, 3.8) is 0 Å². The molecule has 4 heterocycles. The minimum atomic E-state index is -0.915. The van der Waals surface area contributed by atoms with E-state index in [1.165, 1.54) is 18.4 Å². The fourth-order valence-electron chi connectivity index (χ4n) is 5.00. The van der Waals surface area contributed by atoms with Gasteiger partial charge in [-0.3, -0.25) is 14.5 Å². The fourth-order valence-corrected chi connectivity index (χ4v) is 5.00. The van der Waals surface area contributed by atoms with Crippen molar-refractivity contribution in [3.8, 4) is 0 Å². The van der Waals surface area contributed by atoms with Crippen LogP contribution in [0.15, 0.2) is 61.1 Å². The Balaban J connectivity index is 1.32. The second-order valence-corrected chi connectivity index (χ2v) is 9.38. The molecule has 0 amide bonds. The van der Waals surface area contributed by atoms with E-state index >= 15 is 0 Å². The van der Waals surface area contributed by atoms with E-state index in [1.807, 2.05) is 35.3 Å². The zero-order valence-electron chi connectivity index (χ0n) is 19.1. The number of anilines is 1. The van der Waals surface area contributed by atoms with Gasteiger partial charge in [-0.15, -0.1) is 0 Å². The zero-order valence-corrected chi connectivity index (χ0v) is 19.1. The summed E-state index contributed by atoms with van der Waals surface area (Å²) in [6, 6.07) is 14.4. The molecule has 33 heavy (non-hydrogen) atoms. The van der Waals surface area contributed by atoms with Gasteiger partial charge in [-0.05, 0) is 30.5 Å². The fraction of sp³-hybridized carbons (Fsp3) is 0.480. The standard InChI is InChI=1S/C25H33N7O/c33-25(21-32-14-6-10-27-32)19-29(17-22-7-2-1-3-8-22)15-16-30(20-25)18-23-9-11-26-24(28-23)31-12-4-5-13-31/h1-3,6-11,14,33H,4-5,12-13,15-21H2/t25-/m1/s1. The molecule has 0 spiro atoms. The van der Waals surface area contributed by atoms with E-state index in [1.54, 1.807) is 6.20 Å². The van der Waals surface area contributed by atoms with Crippen molar-refractivity contribution in [2.24, 2.45) is 0 Å². The summed E-state index contributed by atoms with van der Waals surface area (Å²) in [5, 5.41) is 16.1. The van der Waals surface area contributed by atoms with Crippen molar-refractivity contribution >= 4 is 5.95 Å². The molecule has 1 aromatic carbocycles. The number of nitrogens with zero attached hydrogens (tertiary/aromatic N) is 7. The predicted octanol–water partition coefficient (Wildman–Crippen LogP) is 2.02. The lowest BCUT2D eigenvalue weighted by Crippen LogP contribution is -2.49. The molecule has 2 saturated heterocycles. The highest BCUT2D eigenvalue weighted by Gasteiger charge is 2.36. The molecule has 0 radical (unpaired) electrons. The molecule has 0 bridgehead atoms. The molecule has 174 valence electrons. The van der Waals surface area contributed by atoms with Gasteiger partial charge < -0.3 is 10.0 Å². The van der Waals surface area contributed by atoms with E-state index in [2.05, 4.69) is 49.0 Å². The monoisotopic (exact) mass is 447 g/mol.